The normalized spacial score (nSPS) is 12.1. The van der Waals surface area contributed by atoms with E-state index in [-0.39, 0.29) is 0 Å². The first-order valence-corrected chi connectivity index (χ1v) is 9.65. The number of allylic oxidation sites excluding steroid dienone is 1. The third-order valence-electron chi connectivity index (χ3n) is 4.02. The number of hydrogen-bond acceptors (Lipinski definition) is 2. The second-order valence-corrected chi connectivity index (χ2v) is 8.00. The second-order valence-electron chi connectivity index (χ2n) is 6.00. The molecule has 0 amide bonds. The summed E-state index contributed by atoms with van der Waals surface area (Å²) < 4.78 is 26.4. The van der Waals surface area contributed by atoms with Crippen LogP contribution < -0.4 is 0 Å². The Hall–Kier alpha value is -2.65. The van der Waals surface area contributed by atoms with E-state index >= 15 is 0 Å². The summed E-state index contributed by atoms with van der Waals surface area (Å²) in [5, 5.41) is 0. The largest absolute Gasteiger partial charge is 0.219 e. The highest BCUT2D eigenvalue weighted by atomic mass is 32.2. The van der Waals surface area contributed by atoms with Crippen molar-refractivity contribution in [3.8, 4) is 0 Å². The first-order valence-electron chi connectivity index (χ1n) is 8.17. The summed E-state index contributed by atoms with van der Waals surface area (Å²) in [6, 6.07) is 26.2. The maximum atomic E-state index is 13.2. The van der Waals surface area contributed by atoms with Gasteiger partial charge >= 0.3 is 0 Å². The number of aryl methyl sites for hydroxylation is 1. The fraction of sp³-hybridized carbons (Fsp3) is 0.0909. The summed E-state index contributed by atoms with van der Waals surface area (Å²) in [4.78, 5) is 0.727. The van der Waals surface area contributed by atoms with Crippen molar-refractivity contribution in [3.63, 3.8) is 0 Å². The van der Waals surface area contributed by atoms with Crippen LogP contribution in [-0.2, 0) is 16.3 Å². The molecule has 3 rings (SSSR count). The topological polar surface area (TPSA) is 34.1 Å². The number of benzene rings is 3. The van der Waals surface area contributed by atoms with Crippen LogP contribution in [0, 0.1) is 6.92 Å². The van der Waals surface area contributed by atoms with Crippen LogP contribution >= 0.6 is 0 Å². The molecule has 2 nitrogen and oxygen atoms in total. The van der Waals surface area contributed by atoms with E-state index in [1.165, 1.54) is 0 Å². The van der Waals surface area contributed by atoms with E-state index < -0.39 is 9.84 Å². The first-order chi connectivity index (χ1) is 12.1. The standard InChI is InChI=1S/C22H20O2S/c1-18-12-14-21(15-13-18)25(23,24)22(16-19-8-4-2-5-9-19)17-20-10-6-3-7-11-20/h2-16H,17H2,1H3/b22-16+. The van der Waals surface area contributed by atoms with Crippen LogP contribution in [0.25, 0.3) is 6.08 Å². The van der Waals surface area contributed by atoms with Crippen LogP contribution in [0.15, 0.2) is 94.7 Å². The van der Waals surface area contributed by atoms with Crippen LogP contribution in [0.3, 0.4) is 0 Å². The van der Waals surface area contributed by atoms with Gasteiger partial charge in [0.1, 0.15) is 0 Å². The maximum absolute atomic E-state index is 13.2. The lowest BCUT2D eigenvalue weighted by molar-refractivity contribution is 0.601. The quantitative estimate of drug-likeness (QED) is 0.646. The Morgan fingerprint density at radius 1 is 0.800 bits per heavy atom. The molecule has 126 valence electrons. The minimum Gasteiger partial charge on any atom is -0.219 e. The first kappa shape index (κ1) is 17.2. The molecule has 0 saturated heterocycles. The summed E-state index contributed by atoms with van der Waals surface area (Å²) in [5.74, 6) is 0. The molecule has 3 heteroatoms. The molecule has 25 heavy (non-hydrogen) atoms. The van der Waals surface area contributed by atoms with Crippen molar-refractivity contribution in [1.29, 1.82) is 0 Å². The van der Waals surface area contributed by atoms with Gasteiger partial charge in [0.05, 0.1) is 9.80 Å². The Morgan fingerprint density at radius 2 is 1.36 bits per heavy atom. The lowest BCUT2D eigenvalue weighted by Gasteiger charge is -2.11. The minimum absolute atomic E-state index is 0.330. The summed E-state index contributed by atoms with van der Waals surface area (Å²) >= 11 is 0. The number of sulfone groups is 1. The lowest BCUT2D eigenvalue weighted by atomic mass is 10.1. The third-order valence-corrected chi connectivity index (χ3v) is 5.87. The van der Waals surface area contributed by atoms with Gasteiger partial charge in [-0.25, -0.2) is 8.42 Å². The van der Waals surface area contributed by atoms with Crippen LogP contribution in [-0.4, -0.2) is 8.42 Å². The van der Waals surface area contributed by atoms with Crippen LogP contribution in [0.1, 0.15) is 16.7 Å². The van der Waals surface area contributed by atoms with E-state index in [0.29, 0.717) is 16.2 Å². The summed E-state index contributed by atoms with van der Waals surface area (Å²) in [6.45, 7) is 1.95. The highest BCUT2D eigenvalue weighted by Crippen LogP contribution is 2.25. The summed E-state index contributed by atoms with van der Waals surface area (Å²) in [5.41, 5.74) is 2.89. The van der Waals surface area contributed by atoms with E-state index in [9.17, 15) is 8.42 Å². The van der Waals surface area contributed by atoms with E-state index in [4.69, 9.17) is 0 Å². The number of hydrogen-bond donors (Lipinski definition) is 0. The van der Waals surface area contributed by atoms with Crippen molar-refractivity contribution in [2.75, 3.05) is 0 Å². The van der Waals surface area contributed by atoms with Gasteiger partial charge in [0.15, 0.2) is 0 Å². The van der Waals surface area contributed by atoms with Gasteiger partial charge in [-0.15, -0.1) is 0 Å². The van der Waals surface area contributed by atoms with Crippen molar-refractivity contribution in [2.45, 2.75) is 18.2 Å². The maximum Gasteiger partial charge on any atom is 0.203 e. The Kier molecular flexibility index (Phi) is 5.15. The molecule has 3 aromatic carbocycles. The average molecular weight is 348 g/mol. The van der Waals surface area contributed by atoms with E-state index in [2.05, 4.69) is 0 Å². The Balaban J connectivity index is 2.07. The monoisotopic (exact) mass is 348 g/mol. The fourth-order valence-corrected chi connectivity index (χ4v) is 4.07. The zero-order chi connectivity index (χ0) is 17.7. The molecule has 0 N–H and O–H groups in total. The smallest absolute Gasteiger partial charge is 0.203 e. The van der Waals surface area contributed by atoms with E-state index in [0.717, 1.165) is 16.7 Å². The molecule has 0 aliphatic carbocycles. The van der Waals surface area contributed by atoms with Crippen LogP contribution in [0.5, 0.6) is 0 Å². The molecular formula is C22H20O2S. The lowest BCUT2D eigenvalue weighted by Crippen LogP contribution is -2.07. The molecular weight excluding hydrogens is 328 g/mol. The predicted molar refractivity (Wildman–Crippen MR) is 103 cm³/mol. The molecule has 0 bridgehead atoms. The van der Waals surface area contributed by atoms with Gasteiger partial charge in [-0.2, -0.15) is 0 Å². The van der Waals surface area contributed by atoms with Crippen LogP contribution in [0.4, 0.5) is 0 Å². The summed E-state index contributed by atoms with van der Waals surface area (Å²) in [7, 11) is -3.55. The van der Waals surface area contributed by atoms with Gasteiger partial charge in [-0.3, -0.25) is 0 Å². The average Bonchev–Trinajstić information content (AvgIpc) is 2.63. The van der Waals surface area contributed by atoms with Crippen molar-refractivity contribution < 1.29 is 8.42 Å². The highest BCUT2D eigenvalue weighted by molar-refractivity contribution is 7.95. The molecule has 0 saturated carbocycles. The van der Waals surface area contributed by atoms with Crippen molar-refractivity contribution in [3.05, 3.63) is 107 Å². The van der Waals surface area contributed by atoms with Gasteiger partial charge in [-0.1, -0.05) is 78.4 Å². The molecule has 3 aromatic rings. The predicted octanol–water partition coefficient (Wildman–Crippen LogP) is 5.05. The Labute approximate surface area is 149 Å². The molecule has 0 aliphatic rings. The molecule has 0 aliphatic heterocycles. The zero-order valence-corrected chi connectivity index (χ0v) is 14.9. The highest BCUT2D eigenvalue weighted by Gasteiger charge is 2.21. The molecule has 0 atom stereocenters. The fourth-order valence-electron chi connectivity index (χ4n) is 2.62. The summed E-state index contributed by atoms with van der Waals surface area (Å²) in [6.07, 6.45) is 2.13. The van der Waals surface area contributed by atoms with Crippen molar-refractivity contribution in [1.82, 2.24) is 0 Å². The van der Waals surface area contributed by atoms with Gasteiger partial charge in [0.2, 0.25) is 9.84 Å². The molecule has 0 unspecified atom stereocenters. The van der Waals surface area contributed by atoms with E-state index in [1.807, 2.05) is 79.7 Å². The molecule has 0 spiro atoms. The van der Waals surface area contributed by atoms with Crippen molar-refractivity contribution >= 4 is 15.9 Å². The van der Waals surface area contributed by atoms with Gasteiger partial charge in [-0.05, 0) is 36.3 Å². The van der Waals surface area contributed by atoms with E-state index in [1.54, 1.807) is 18.2 Å². The Morgan fingerprint density at radius 3 is 1.96 bits per heavy atom. The number of rotatable bonds is 5. The van der Waals surface area contributed by atoms with Gasteiger partial charge in [0, 0.05) is 6.42 Å². The molecule has 0 heterocycles. The second kappa shape index (κ2) is 7.49. The van der Waals surface area contributed by atoms with Crippen molar-refractivity contribution in [2.24, 2.45) is 0 Å². The third kappa shape index (κ3) is 4.25. The Bertz CT molecular complexity index is 956. The molecule has 0 fully saturated rings. The molecule has 0 aromatic heterocycles. The molecule has 0 radical (unpaired) electrons. The SMILES string of the molecule is Cc1ccc(S(=O)(=O)/C(=C/c2ccccc2)Cc2ccccc2)cc1. The van der Waals surface area contributed by atoms with Gasteiger partial charge < -0.3 is 0 Å². The zero-order valence-electron chi connectivity index (χ0n) is 14.1. The van der Waals surface area contributed by atoms with Gasteiger partial charge in [0.25, 0.3) is 0 Å². The van der Waals surface area contributed by atoms with Crippen LogP contribution in [0.2, 0.25) is 0 Å². The minimum atomic E-state index is -3.55.